The molecule has 0 spiro atoms. The lowest BCUT2D eigenvalue weighted by Crippen LogP contribution is -2.04. The molecule has 0 N–H and O–H groups in total. The summed E-state index contributed by atoms with van der Waals surface area (Å²) in [5.74, 6) is -0.727. The number of halogens is 3. The van der Waals surface area contributed by atoms with Crippen LogP contribution in [0.25, 0.3) is 0 Å². The molecule has 62 valence electrons. The maximum absolute atomic E-state index is 12.9. The lowest BCUT2D eigenvalue weighted by molar-refractivity contribution is 0.408. The molecule has 0 bridgehead atoms. The minimum atomic E-state index is -0.253. The highest BCUT2D eigenvalue weighted by Crippen LogP contribution is 2.34. The van der Waals surface area contributed by atoms with Crippen LogP contribution in [-0.4, -0.2) is 0 Å². The van der Waals surface area contributed by atoms with Crippen molar-refractivity contribution in [3.05, 3.63) is 22.2 Å². The molecule has 0 aromatic heterocycles. The van der Waals surface area contributed by atoms with Crippen molar-refractivity contribution in [1.82, 2.24) is 0 Å². The first-order valence-electron chi connectivity index (χ1n) is 3.56. The van der Waals surface area contributed by atoms with Gasteiger partial charge in [-0.15, -0.1) is 0 Å². The average molecular weight is 223 g/mol. The maximum atomic E-state index is 12.9. The van der Waals surface area contributed by atoms with E-state index in [0.29, 0.717) is 6.42 Å². The Morgan fingerprint density at radius 3 is 2.82 bits per heavy atom. The second kappa shape index (κ2) is 3.48. The molecule has 1 rings (SSSR count). The van der Waals surface area contributed by atoms with Crippen LogP contribution in [0.1, 0.15) is 19.8 Å². The topological polar surface area (TPSA) is 0 Å². The summed E-state index contributed by atoms with van der Waals surface area (Å²) in [5, 5.41) is 0. The van der Waals surface area contributed by atoms with Gasteiger partial charge in [-0.2, -0.15) is 0 Å². The number of hydrogen-bond acceptors (Lipinski definition) is 0. The quantitative estimate of drug-likeness (QED) is 0.633. The van der Waals surface area contributed by atoms with E-state index in [1.54, 1.807) is 0 Å². The van der Waals surface area contributed by atoms with Gasteiger partial charge in [-0.25, -0.2) is 8.78 Å². The van der Waals surface area contributed by atoms with Crippen LogP contribution < -0.4 is 0 Å². The van der Waals surface area contributed by atoms with Gasteiger partial charge in [-0.1, -0.05) is 6.92 Å². The molecule has 0 saturated heterocycles. The van der Waals surface area contributed by atoms with E-state index in [2.05, 4.69) is 15.9 Å². The Hall–Kier alpha value is -0.180. The molecule has 0 saturated carbocycles. The summed E-state index contributed by atoms with van der Waals surface area (Å²) in [6, 6.07) is 0. The van der Waals surface area contributed by atoms with Gasteiger partial charge in [-0.3, -0.25) is 0 Å². The molecule has 1 atom stereocenters. The summed E-state index contributed by atoms with van der Waals surface area (Å²) in [5.41, 5.74) is 0. The Morgan fingerprint density at radius 1 is 1.64 bits per heavy atom. The Balaban J connectivity index is 2.82. The largest absolute Gasteiger partial charge is 0.211 e. The van der Waals surface area contributed by atoms with E-state index in [1.807, 2.05) is 6.92 Å². The summed E-state index contributed by atoms with van der Waals surface area (Å²) in [4.78, 5) is 0. The molecule has 0 aromatic carbocycles. The fourth-order valence-corrected chi connectivity index (χ4v) is 1.45. The molecule has 0 nitrogen and oxygen atoms in total. The van der Waals surface area contributed by atoms with E-state index in [-0.39, 0.29) is 28.5 Å². The molecule has 0 amide bonds. The van der Waals surface area contributed by atoms with E-state index in [4.69, 9.17) is 0 Å². The minimum absolute atomic E-state index is 0.194. The SMILES string of the molecule is CCC1CC(F)=C(Br)C=C1F. The van der Waals surface area contributed by atoms with Crippen LogP contribution in [0.3, 0.4) is 0 Å². The Morgan fingerprint density at radius 2 is 2.27 bits per heavy atom. The van der Waals surface area contributed by atoms with Crippen LogP contribution in [0.15, 0.2) is 22.2 Å². The Labute approximate surface area is 73.1 Å². The predicted octanol–water partition coefficient (Wildman–Crippen LogP) is 3.85. The third kappa shape index (κ3) is 1.89. The van der Waals surface area contributed by atoms with Crippen molar-refractivity contribution in [3.8, 4) is 0 Å². The van der Waals surface area contributed by atoms with Crippen LogP contribution in [0, 0.1) is 5.92 Å². The van der Waals surface area contributed by atoms with Gasteiger partial charge in [0.2, 0.25) is 0 Å². The monoisotopic (exact) mass is 222 g/mol. The molecule has 0 heterocycles. The summed E-state index contributed by atoms with van der Waals surface area (Å²) < 4.78 is 26.0. The molecular formula is C8H9BrF2. The molecule has 0 aliphatic heterocycles. The normalized spacial score (nSPS) is 25.5. The van der Waals surface area contributed by atoms with Gasteiger partial charge in [0.1, 0.15) is 11.7 Å². The van der Waals surface area contributed by atoms with Crippen molar-refractivity contribution in [2.45, 2.75) is 19.8 Å². The fourth-order valence-electron chi connectivity index (χ4n) is 1.07. The van der Waals surface area contributed by atoms with E-state index in [9.17, 15) is 8.78 Å². The van der Waals surface area contributed by atoms with Gasteiger partial charge in [0.05, 0.1) is 4.48 Å². The second-order valence-corrected chi connectivity index (χ2v) is 3.45. The van der Waals surface area contributed by atoms with Gasteiger partial charge >= 0.3 is 0 Å². The van der Waals surface area contributed by atoms with Crippen LogP contribution in [-0.2, 0) is 0 Å². The first-order chi connectivity index (χ1) is 5.15. The summed E-state index contributed by atoms with van der Waals surface area (Å²) >= 11 is 2.94. The highest BCUT2D eigenvalue weighted by Gasteiger charge is 2.20. The van der Waals surface area contributed by atoms with Crippen molar-refractivity contribution >= 4 is 15.9 Å². The summed E-state index contributed by atoms with van der Waals surface area (Å²) in [6.07, 6.45) is 2.06. The first-order valence-corrected chi connectivity index (χ1v) is 4.35. The van der Waals surface area contributed by atoms with Crippen molar-refractivity contribution in [3.63, 3.8) is 0 Å². The van der Waals surface area contributed by atoms with E-state index in [0.717, 1.165) is 0 Å². The number of rotatable bonds is 1. The third-order valence-corrected chi connectivity index (χ3v) is 2.49. The Kier molecular flexibility index (Phi) is 2.82. The average Bonchev–Trinajstić information content (AvgIpc) is 1.97. The lowest BCUT2D eigenvalue weighted by atomic mass is 9.96. The van der Waals surface area contributed by atoms with Crippen molar-refractivity contribution in [1.29, 1.82) is 0 Å². The highest BCUT2D eigenvalue weighted by molar-refractivity contribution is 9.11. The molecule has 3 heteroatoms. The van der Waals surface area contributed by atoms with Crippen LogP contribution in [0.4, 0.5) is 8.78 Å². The van der Waals surface area contributed by atoms with Gasteiger partial charge in [0, 0.05) is 12.3 Å². The third-order valence-electron chi connectivity index (χ3n) is 1.83. The molecule has 0 fully saturated rings. The molecular weight excluding hydrogens is 214 g/mol. The summed E-state index contributed by atoms with van der Waals surface area (Å²) in [6.45, 7) is 1.85. The predicted molar refractivity (Wildman–Crippen MR) is 44.7 cm³/mol. The van der Waals surface area contributed by atoms with Gasteiger partial charge in [-0.05, 0) is 28.4 Å². The van der Waals surface area contributed by atoms with Crippen molar-refractivity contribution in [2.75, 3.05) is 0 Å². The minimum Gasteiger partial charge on any atom is -0.211 e. The summed E-state index contributed by atoms with van der Waals surface area (Å²) in [7, 11) is 0. The van der Waals surface area contributed by atoms with Gasteiger partial charge in [0.15, 0.2) is 0 Å². The molecule has 1 unspecified atom stereocenters. The van der Waals surface area contributed by atoms with Crippen LogP contribution in [0.2, 0.25) is 0 Å². The van der Waals surface area contributed by atoms with Gasteiger partial charge in [0.25, 0.3) is 0 Å². The lowest BCUT2D eigenvalue weighted by Gasteiger charge is -2.15. The van der Waals surface area contributed by atoms with E-state index >= 15 is 0 Å². The Bertz CT molecular complexity index is 218. The zero-order valence-corrected chi connectivity index (χ0v) is 7.79. The highest BCUT2D eigenvalue weighted by atomic mass is 79.9. The molecule has 0 aromatic rings. The number of allylic oxidation sites excluding steroid dienone is 4. The smallest absolute Gasteiger partial charge is 0.115 e. The standard InChI is InChI=1S/C8H9BrF2/c1-2-5-3-8(11)6(9)4-7(5)10/h4-5H,2-3H2,1H3. The van der Waals surface area contributed by atoms with Gasteiger partial charge < -0.3 is 0 Å². The van der Waals surface area contributed by atoms with Crippen molar-refractivity contribution in [2.24, 2.45) is 5.92 Å². The van der Waals surface area contributed by atoms with E-state index < -0.39 is 0 Å². The van der Waals surface area contributed by atoms with Crippen LogP contribution in [0.5, 0.6) is 0 Å². The van der Waals surface area contributed by atoms with E-state index in [1.165, 1.54) is 6.08 Å². The fraction of sp³-hybridized carbons (Fsp3) is 0.500. The molecule has 1 aliphatic rings. The molecule has 0 radical (unpaired) electrons. The molecule has 11 heavy (non-hydrogen) atoms. The first kappa shape index (κ1) is 8.91. The zero-order valence-electron chi connectivity index (χ0n) is 6.20. The molecule has 1 aliphatic carbocycles. The maximum Gasteiger partial charge on any atom is 0.115 e. The van der Waals surface area contributed by atoms with Crippen molar-refractivity contribution < 1.29 is 8.78 Å². The number of hydrogen-bond donors (Lipinski definition) is 0. The van der Waals surface area contributed by atoms with Crippen LogP contribution >= 0.6 is 15.9 Å². The second-order valence-electron chi connectivity index (χ2n) is 2.59. The zero-order chi connectivity index (χ0) is 8.43.